The highest BCUT2D eigenvalue weighted by atomic mass is 19.1. The number of fused-ring (bicyclic) bond motifs is 1. The van der Waals surface area contributed by atoms with E-state index in [1.165, 1.54) is 11.6 Å². The summed E-state index contributed by atoms with van der Waals surface area (Å²) in [4.78, 5) is 14.8. The van der Waals surface area contributed by atoms with Gasteiger partial charge in [0.25, 0.3) is 0 Å². The van der Waals surface area contributed by atoms with Crippen LogP contribution in [0.5, 0.6) is 0 Å². The minimum Gasteiger partial charge on any atom is -0.352 e. The third-order valence-corrected chi connectivity index (χ3v) is 6.25. The summed E-state index contributed by atoms with van der Waals surface area (Å²) in [7, 11) is 0. The third kappa shape index (κ3) is 4.61. The van der Waals surface area contributed by atoms with Gasteiger partial charge in [-0.15, -0.1) is 0 Å². The maximum absolute atomic E-state index is 13.7. The lowest BCUT2D eigenvalue weighted by Gasteiger charge is -2.33. The van der Waals surface area contributed by atoms with Crippen molar-refractivity contribution in [3.05, 3.63) is 71.5 Å². The Kier molecular flexibility index (Phi) is 6.06. The lowest BCUT2D eigenvalue weighted by Crippen LogP contribution is -2.47. The van der Waals surface area contributed by atoms with Gasteiger partial charge in [-0.3, -0.25) is 9.69 Å². The number of carbonyl (C=O) groups excluding carboxylic acids is 1. The molecule has 3 atom stereocenters. The highest BCUT2D eigenvalue weighted by Crippen LogP contribution is 2.32. The normalized spacial score (nSPS) is 25.6. The molecule has 0 spiro atoms. The number of amides is 1. The summed E-state index contributed by atoms with van der Waals surface area (Å²) < 4.78 is 13.7. The molecule has 0 bridgehead atoms. The van der Waals surface area contributed by atoms with Crippen molar-refractivity contribution in [1.82, 2.24) is 10.2 Å². The Hall–Kier alpha value is -2.20. The van der Waals surface area contributed by atoms with Crippen LogP contribution in [0.4, 0.5) is 4.39 Å². The van der Waals surface area contributed by atoms with E-state index in [1.807, 2.05) is 12.1 Å². The second-order valence-electron chi connectivity index (χ2n) is 8.18. The van der Waals surface area contributed by atoms with Crippen LogP contribution in [0.1, 0.15) is 43.2 Å². The minimum atomic E-state index is -0.175. The molecule has 1 amide bonds. The Morgan fingerprint density at radius 1 is 1.04 bits per heavy atom. The molecule has 0 aliphatic carbocycles. The number of benzene rings is 2. The Morgan fingerprint density at radius 2 is 1.86 bits per heavy atom. The Labute approximate surface area is 166 Å². The first kappa shape index (κ1) is 19.1. The monoisotopic (exact) mass is 380 g/mol. The zero-order valence-electron chi connectivity index (χ0n) is 16.3. The number of hydrogen-bond acceptors (Lipinski definition) is 2. The van der Waals surface area contributed by atoms with E-state index in [1.54, 1.807) is 12.1 Å². The predicted molar refractivity (Wildman–Crippen MR) is 110 cm³/mol. The van der Waals surface area contributed by atoms with Gasteiger partial charge in [-0.25, -0.2) is 4.39 Å². The van der Waals surface area contributed by atoms with E-state index in [-0.39, 0.29) is 17.8 Å². The van der Waals surface area contributed by atoms with Crippen LogP contribution in [0.3, 0.4) is 0 Å². The van der Waals surface area contributed by atoms with Crippen LogP contribution in [0.25, 0.3) is 0 Å². The van der Waals surface area contributed by atoms with Crippen LogP contribution >= 0.6 is 0 Å². The number of rotatable bonds is 5. The van der Waals surface area contributed by atoms with Gasteiger partial charge in [-0.05, 0) is 55.4 Å². The molecule has 0 unspecified atom stereocenters. The molecule has 4 rings (SSSR count). The van der Waals surface area contributed by atoms with Crippen molar-refractivity contribution in [1.29, 1.82) is 0 Å². The van der Waals surface area contributed by atoms with Gasteiger partial charge in [-0.1, -0.05) is 48.9 Å². The summed E-state index contributed by atoms with van der Waals surface area (Å²) in [6, 6.07) is 18.4. The van der Waals surface area contributed by atoms with Crippen LogP contribution in [-0.2, 0) is 17.6 Å². The molecule has 2 aliphatic heterocycles. The lowest BCUT2D eigenvalue weighted by atomic mass is 9.97. The number of likely N-dealkylation sites (tertiary alicyclic amines) is 1. The average Bonchev–Trinajstić information content (AvgIpc) is 2.98. The van der Waals surface area contributed by atoms with Crippen LogP contribution in [0, 0.1) is 5.82 Å². The quantitative estimate of drug-likeness (QED) is 0.847. The predicted octanol–water partition coefficient (Wildman–Crippen LogP) is 4.11. The van der Waals surface area contributed by atoms with Crippen molar-refractivity contribution >= 4 is 5.91 Å². The maximum atomic E-state index is 13.7. The molecule has 3 nitrogen and oxygen atoms in total. The highest BCUT2D eigenvalue weighted by molar-refractivity contribution is 5.76. The summed E-state index contributed by atoms with van der Waals surface area (Å²) in [6.45, 7) is 0.973. The zero-order chi connectivity index (χ0) is 19.3. The Bertz CT molecular complexity index is 794. The fraction of sp³-hybridized carbons (Fsp3) is 0.458. The summed E-state index contributed by atoms with van der Waals surface area (Å²) in [6.07, 6.45) is 6.61. The number of carbonyl (C=O) groups is 1. The standard InChI is InChI=1S/C24H29FN2O/c25-20-10-6-9-19(15-20)16-21-17-22-23(11-4-5-12-24(28)26-22)27(21)14-13-18-7-2-1-3-8-18/h1-3,6-10,15,21-23H,4-5,11-14,16-17H2,(H,26,28)/t21-,22+,23-/m1/s1. The highest BCUT2D eigenvalue weighted by Gasteiger charge is 2.41. The molecule has 2 saturated heterocycles. The van der Waals surface area contributed by atoms with Crippen molar-refractivity contribution in [3.63, 3.8) is 0 Å². The molecule has 1 N–H and O–H groups in total. The lowest BCUT2D eigenvalue weighted by molar-refractivity contribution is -0.122. The minimum absolute atomic E-state index is 0.175. The van der Waals surface area contributed by atoms with Crippen LogP contribution in [-0.4, -0.2) is 35.5 Å². The van der Waals surface area contributed by atoms with E-state index < -0.39 is 0 Å². The van der Waals surface area contributed by atoms with Crippen molar-refractivity contribution in [3.8, 4) is 0 Å². The first-order chi connectivity index (χ1) is 13.7. The van der Waals surface area contributed by atoms with E-state index >= 15 is 0 Å². The molecule has 28 heavy (non-hydrogen) atoms. The Balaban J connectivity index is 1.53. The first-order valence-corrected chi connectivity index (χ1v) is 10.5. The van der Waals surface area contributed by atoms with Crippen molar-refractivity contribution < 1.29 is 9.18 Å². The molecule has 2 heterocycles. The van der Waals surface area contributed by atoms with Gasteiger partial charge in [-0.2, -0.15) is 0 Å². The topological polar surface area (TPSA) is 32.3 Å². The number of hydrogen-bond donors (Lipinski definition) is 1. The fourth-order valence-corrected chi connectivity index (χ4v) is 4.92. The largest absolute Gasteiger partial charge is 0.352 e. The van der Waals surface area contributed by atoms with E-state index in [4.69, 9.17) is 0 Å². The molecule has 2 aromatic carbocycles. The fourth-order valence-electron chi connectivity index (χ4n) is 4.92. The molecule has 0 radical (unpaired) electrons. The average molecular weight is 381 g/mol. The van der Waals surface area contributed by atoms with Gasteiger partial charge in [0, 0.05) is 31.1 Å². The van der Waals surface area contributed by atoms with E-state index in [0.29, 0.717) is 18.5 Å². The second-order valence-corrected chi connectivity index (χ2v) is 8.18. The van der Waals surface area contributed by atoms with Crippen LogP contribution in [0.2, 0.25) is 0 Å². The van der Waals surface area contributed by atoms with Crippen molar-refractivity contribution in [2.75, 3.05) is 6.54 Å². The molecule has 2 fully saturated rings. The van der Waals surface area contributed by atoms with Crippen LogP contribution < -0.4 is 5.32 Å². The summed E-state index contributed by atoms with van der Waals surface area (Å²) in [5, 5.41) is 3.28. The van der Waals surface area contributed by atoms with Gasteiger partial charge in [0.15, 0.2) is 0 Å². The van der Waals surface area contributed by atoms with E-state index in [9.17, 15) is 9.18 Å². The first-order valence-electron chi connectivity index (χ1n) is 10.5. The summed E-state index contributed by atoms with van der Waals surface area (Å²) in [5.74, 6) is 0.00904. The summed E-state index contributed by atoms with van der Waals surface area (Å²) >= 11 is 0. The number of nitrogens with one attached hydrogen (secondary N) is 1. The smallest absolute Gasteiger partial charge is 0.220 e. The molecular formula is C24H29FN2O. The van der Waals surface area contributed by atoms with Gasteiger partial charge in [0.1, 0.15) is 5.82 Å². The molecule has 2 aliphatic rings. The molecule has 0 saturated carbocycles. The van der Waals surface area contributed by atoms with E-state index in [2.05, 4.69) is 34.5 Å². The second kappa shape index (κ2) is 8.87. The molecule has 2 aromatic rings. The van der Waals surface area contributed by atoms with Gasteiger partial charge in [0.05, 0.1) is 0 Å². The van der Waals surface area contributed by atoms with Crippen LogP contribution in [0.15, 0.2) is 54.6 Å². The molecule has 4 heteroatoms. The van der Waals surface area contributed by atoms with Gasteiger partial charge in [0.2, 0.25) is 5.91 Å². The van der Waals surface area contributed by atoms with Crippen molar-refractivity contribution in [2.24, 2.45) is 0 Å². The van der Waals surface area contributed by atoms with E-state index in [0.717, 1.165) is 50.6 Å². The molecular weight excluding hydrogens is 351 g/mol. The van der Waals surface area contributed by atoms with Gasteiger partial charge >= 0.3 is 0 Å². The number of nitrogens with zero attached hydrogens (tertiary/aromatic N) is 1. The molecule has 0 aromatic heterocycles. The van der Waals surface area contributed by atoms with Gasteiger partial charge < -0.3 is 5.32 Å². The number of halogens is 1. The summed E-state index contributed by atoms with van der Waals surface area (Å²) in [5.41, 5.74) is 2.38. The van der Waals surface area contributed by atoms with Crippen molar-refractivity contribution in [2.45, 2.75) is 63.1 Å². The SMILES string of the molecule is O=C1CCCC[C@@H]2[C@H](C[C@@H](Cc3cccc(F)c3)N2CCc2ccccc2)N1. The zero-order valence-corrected chi connectivity index (χ0v) is 16.3. The Morgan fingerprint density at radius 3 is 2.68 bits per heavy atom. The third-order valence-electron chi connectivity index (χ3n) is 6.25. The maximum Gasteiger partial charge on any atom is 0.220 e. The molecule has 148 valence electrons.